The Balaban J connectivity index is 0.776. The minimum Gasteiger partial charge on any atom is -0.489 e. The molecule has 17 nitrogen and oxygen atoms in total. The SMILES string of the molecule is Cc1ncsc1-c1ccc(C(NC(=O)[C@@H]2C[C@@H](O)CN2C(=O)[C@@H](NC(=O)COCCN2CCN(c3ccc(C(=O)NC4C(C)(C)C(Oc5ccc(C#N)c(C(F)(F)F)c5)C4(C)C)cn3)CC2)C(C)(C)C)C2COC2)cc1. The Kier molecular flexibility index (Phi) is 16.5. The van der Waals surface area contributed by atoms with Crippen LogP contribution in [0.1, 0.15) is 93.7 Å². The number of likely N-dealkylation sites (tertiary alicyclic amines) is 1. The number of β-amino-alcohol motifs (C(OH)–C–C–N with tert-alkyl or cyclic N) is 1. The van der Waals surface area contributed by atoms with Crippen LogP contribution in [-0.2, 0) is 30.0 Å². The second-order valence-electron chi connectivity index (χ2n) is 22.6. The summed E-state index contributed by atoms with van der Waals surface area (Å²) in [5, 5.41) is 29.1. The van der Waals surface area contributed by atoms with E-state index in [-0.39, 0.29) is 61.7 Å². The van der Waals surface area contributed by atoms with Gasteiger partial charge < -0.3 is 45.1 Å². The number of hydrogen-bond donors (Lipinski definition) is 4. The number of aryl methyl sites for hydroxylation is 1. The van der Waals surface area contributed by atoms with Gasteiger partial charge in [-0.1, -0.05) is 72.7 Å². The van der Waals surface area contributed by atoms with Crippen molar-refractivity contribution in [1.82, 2.24) is 35.7 Å². The molecule has 21 heteroatoms. The van der Waals surface area contributed by atoms with E-state index in [1.54, 1.807) is 29.5 Å². The number of alkyl halides is 3. The molecule has 1 unspecified atom stereocenters. The van der Waals surface area contributed by atoms with Gasteiger partial charge in [-0.15, -0.1) is 11.3 Å². The summed E-state index contributed by atoms with van der Waals surface area (Å²) in [4.78, 5) is 71.0. The van der Waals surface area contributed by atoms with Crippen LogP contribution in [0.4, 0.5) is 19.0 Å². The van der Waals surface area contributed by atoms with Crippen LogP contribution >= 0.6 is 11.3 Å². The van der Waals surface area contributed by atoms with Crippen molar-refractivity contribution in [3.63, 3.8) is 0 Å². The molecule has 2 aromatic carbocycles. The maximum Gasteiger partial charge on any atom is 0.417 e. The summed E-state index contributed by atoms with van der Waals surface area (Å²) in [6.07, 6.45) is -4.61. The van der Waals surface area contributed by atoms with Crippen LogP contribution in [0.5, 0.6) is 5.75 Å². The average molecular weight is 1070 g/mol. The Hall–Kier alpha value is -6.18. The molecule has 4 aliphatic rings. The zero-order valence-corrected chi connectivity index (χ0v) is 45.0. The molecule has 1 saturated carbocycles. The maximum absolute atomic E-state index is 14.3. The van der Waals surface area contributed by atoms with Crippen molar-refractivity contribution in [1.29, 1.82) is 5.26 Å². The first-order chi connectivity index (χ1) is 35.9. The number of amides is 4. The highest BCUT2D eigenvalue weighted by molar-refractivity contribution is 7.13. The lowest BCUT2D eigenvalue weighted by molar-refractivity contribution is -0.164. The smallest absolute Gasteiger partial charge is 0.417 e. The molecule has 3 aliphatic heterocycles. The molecule has 3 saturated heterocycles. The number of carbonyl (C=O) groups excluding carboxylic acids is 4. The first kappa shape index (κ1) is 56.0. The number of benzene rings is 2. The number of thiazole rings is 1. The van der Waals surface area contributed by atoms with Crippen LogP contribution < -0.4 is 25.6 Å². The van der Waals surface area contributed by atoms with Crippen molar-refractivity contribution < 1.29 is 51.7 Å². The summed E-state index contributed by atoms with van der Waals surface area (Å²) < 4.78 is 58.4. The lowest BCUT2D eigenvalue weighted by Gasteiger charge is -2.63. The fraction of sp³-hybridized carbons (Fsp3) is 0.545. The number of aromatic nitrogens is 2. The monoisotopic (exact) mass is 1070 g/mol. The highest BCUT2D eigenvalue weighted by atomic mass is 32.1. The number of pyridine rings is 1. The van der Waals surface area contributed by atoms with Gasteiger partial charge in [-0.05, 0) is 53.8 Å². The van der Waals surface area contributed by atoms with E-state index in [9.17, 15) is 42.7 Å². The third kappa shape index (κ3) is 12.2. The highest BCUT2D eigenvalue weighted by Gasteiger charge is 2.64. The second-order valence-corrected chi connectivity index (χ2v) is 23.4. The second kappa shape index (κ2) is 22.4. The van der Waals surface area contributed by atoms with E-state index in [4.69, 9.17) is 14.2 Å². The molecule has 76 heavy (non-hydrogen) atoms. The van der Waals surface area contributed by atoms with Crippen LogP contribution in [0.15, 0.2) is 66.3 Å². The topological polar surface area (TPSA) is 212 Å². The molecule has 1 aliphatic carbocycles. The molecule has 2 aromatic heterocycles. The molecule has 4 N–H and O–H groups in total. The van der Waals surface area contributed by atoms with Gasteiger partial charge in [-0.2, -0.15) is 18.4 Å². The largest absolute Gasteiger partial charge is 0.489 e. The number of piperazine rings is 1. The predicted octanol–water partition coefficient (Wildman–Crippen LogP) is 6.15. The molecule has 4 amide bonds. The van der Waals surface area contributed by atoms with Crippen molar-refractivity contribution in [2.75, 3.05) is 70.6 Å². The van der Waals surface area contributed by atoms with Gasteiger partial charge in [0.1, 0.15) is 36.4 Å². The van der Waals surface area contributed by atoms with Gasteiger partial charge in [0.2, 0.25) is 17.7 Å². The van der Waals surface area contributed by atoms with E-state index in [1.807, 2.05) is 85.2 Å². The lowest BCUT2D eigenvalue weighted by Crippen LogP contribution is -2.74. The summed E-state index contributed by atoms with van der Waals surface area (Å²) in [5.74, 6) is -0.936. The molecule has 8 rings (SSSR count). The summed E-state index contributed by atoms with van der Waals surface area (Å²) >= 11 is 1.56. The lowest BCUT2D eigenvalue weighted by atomic mass is 9.49. The van der Waals surface area contributed by atoms with Crippen LogP contribution in [0.2, 0.25) is 0 Å². The molecule has 0 spiro atoms. The van der Waals surface area contributed by atoms with E-state index < -0.39 is 69.7 Å². The number of nitrogens with one attached hydrogen (secondary N) is 3. The fourth-order valence-electron chi connectivity index (χ4n) is 11.3. The summed E-state index contributed by atoms with van der Waals surface area (Å²) in [5.41, 5.74) is 1.43. The van der Waals surface area contributed by atoms with Crippen LogP contribution in [0.25, 0.3) is 10.4 Å². The van der Waals surface area contributed by atoms with Gasteiger partial charge in [-0.3, -0.25) is 24.1 Å². The van der Waals surface area contributed by atoms with E-state index in [1.165, 1.54) is 17.2 Å². The highest BCUT2D eigenvalue weighted by Crippen LogP contribution is 2.56. The average Bonchev–Trinajstić information content (AvgIpc) is 3.98. The summed E-state index contributed by atoms with van der Waals surface area (Å²) in [7, 11) is 0. The Labute approximate surface area is 445 Å². The van der Waals surface area contributed by atoms with E-state index in [0.717, 1.165) is 33.8 Å². The van der Waals surface area contributed by atoms with E-state index >= 15 is 0 Å². The fourth-order valence-corrected chi connectivity index (χ4v) is 12.1. The van der Waals surface area contributed by atoms with Crippen LogP contribution in [0.3, 0.4) is 0 Å². The van der Waals surface area contributed by atoms with Crippen LogP contribution in [0, 0.1) is 40.4 Å². The number of nitrogens with zero attached hydrogens (tertiary/aromatic N) is 6. The standard InChI is InChI=1S/C55H68F3N9O8S/c1-32-45(76-31-61-32)34-11-9-33(10-12-34)44(37-28-74-29-37)63-48(71)41-23-38(68)27-67(41)49(72)46(52(2,3)4)62-43(69)30-73-22-21-65-17-19-66(20-18-65)42-16-14-36(26-60-42)47(70)64-50-53(5,6)51(54(50,7)8)75-39-15-13-35(25-59)40(24-39)55(56,57)58/h9-16,24,26,31,37-38,41,44,46,50-51,68H,17-23,27-30H2,1-8H3,(H,62,69)(H,63,71)(H,64,70)/t38-,41+,44?,46-,50?,51?/m1/s1. The van der Waals surface area contributed by atoms with Crippen molar-refractivity contribution in [3.05, 3.63) is 94.3 Å². The Morgan fingerprint density at radius 3 is 2.24 bits per heavy atom. The molecule has 0 bridgehead atoms. The number of carbonyl (C=O) groups is 4. The number of halogens is 3. The van der Waals surface area contributed by atoms with E-state index in [2.05, 4.69) is 35.7 Å². The number of anilines is 1. The zero-order chi connectivity index (χ0) is 54.9. The molecule has 4 fully saturated rings. The predicted molar refractivity (Wildman–Crippen MR) is 278 cm³/mol. The van der Waals surface area contributed by atoms with Crippen molar-refractivity contribution >= 4 is 40.8 Å². The molecular weight excluding hydrogens is 1000 g/mol. The normalized spacial score (nSPS) is 22.4. The first-order valence-corrected chi connectivity index (χ1v) is 26.5. The van der Waals surface area contributed by atoms with Crippen molar-refractivity contribution in [2.45, 2.75) is 104 Å². The molecule has 5 heterocycles. The van der Waals surface area contributed by atoms with Crippen molar-refractivity contribution in [2.24, 2.45) is 22.2 Å². The maximum atomic E-state index is 14.3. The van der Waals surface area contributed by atoms with Gasteiger partial charge >= 0.3 is 6.18 Å². The molecule has 4 atom stereocenters. The van der Waals surface area contributed by atoms with E-state index in [0.29, 0.717) is 57.3 Å². The third-order valence-corrected chi connectivity index (χ3v) is 16.2. The van der Waals surface area contributed by atoms with Gasteiger partial charge in [0.15, 0.2) is 0 Å². The minimum atomic E-state index is -4.72. The van der Waals surface area contributed by atoms with Gasteiger partial charge in [-0.25, -0.2) is 9.97 Å². The quantitative estimate of drug-likeness (QED) is 0.0876. The first-order valence-electron chi connectivity index (χ1n) is 25.6. The minimum absolute atomic E-state index is 0.0103. The molecule has 408 valence electrons. The number of nitriles is 1. The molecule has 4 aromatic rings. The molecular formula is C55H68F3N9O8S. The Morgan fingerprint density at radius 1 is 0.961 bits per heavy atom. The number of rotatable bonds is 17. The number of aliphatic hydroxyl groups excluding tert-OH is 1. The zero-order valence-electron chi connectivity index (χ0n) is 44.2. The summed E-state index contributed by atoms with van der Waals surface area (Å²) in [6.45, 7) is 19.2. The van der Waals surface area contributed by atoms with Gasteiger partial charge in [0.25, 0.3) is 5.91 Å². The Morgan fingerprint density at radius 2 is 1.66 bits per heavy atom. The number of ether oxygens (including phenoxy) is 3. The van der Waals surface area contributed by atoms with Crippen molar-refractivity contribution in [3.8, 4) is 22.3 Å². The van der Waals surface area contributed by atoms with Crippen LogP contribution in [-0.4, -0.2) is 145 Å². The molecule has 0 radical (unpaired) electrons. The summed E-state index contributed by atoms with van der Waals surface area (Å²) in [6, 6.07) is 13.7. The van der Waals surface area contributed by atoms with Gasteiger partial charge in [0.05, 0.1) is 70.8 Å². The number of aliphatic hydroxyl groups is 1. The third-order valence-electron chi connectivity index (χ3n) is 15.3. The number of hydrogen-bond acceptors (Lipinski definition) is 14. The van der Waals surface area contributed by atoms with Gasteiger partial charge in [0, 0.05) is 74.7 Å². The Bertz CT molecular complexity index is 2770.